The van der Waals surface area contributed by atoms with Crippen molar-refractivity contribution in [2.24, 2.45) is 0 Å². The van der Waals surface area contributed by atoms with Crippen molar-refractivity contribution in [1.82, 2.24) is 0 Å². The largest absolute Gasteiger partial charge is 0.392 e. The third kappa shape index (κ3) is 7.47. The molecule has 0 radical (unpaired) electrons. The highest BCUT2D eigenvalue weighted by molar-refractivity contribution is 4.99. The van der Waals surface area contributed by atoms with Crippen molar-refractivity contribution in [3.63, 3.8) is 0 Å². The molecule has 0 amide bonds. The second-order valence-corrected chi connectivity index (χ2v) is 5.72. The number of rotatable bonds is 9. The second kappa shape index (κ2) is 7.80. The van der Waals surface area contributed by atoms with Crippen LogP contribution >= 0.6 is 0 Å². The maximum absolute atomic E-state index is 10.2. The van der Waals surface area contributed by atoms with Gasteiger partial charge in [0.1, 0.15) is 0 Å². The molecule has 0 aromatic rings. The van der Waals surface area contributed by atoms with E-state index < -0.39 is 17.3 Å². The van der Waals surface area contributed by atoms with Crippen molar-refractivity contribution in [3.05, 3.63) is 24.3 Å². The van der Waals surface area contributed by atoms with Gasteiger partial charge in [-0.2, -0.15) is 0 Å². The Morgan fingerprint density at radius 3 is 2.32 bits per heavy atom. The van der Waals surface area contributed by atoms with Gasteiger partial charge in [0.05, 0.1) is 23.9 Å². The number of aliphatic hydroxyl groups is 4. The Morgan fingerprint density at radius 1 is 1.26 bits per heavy atom. The van der Waals surface area contributed by atoms with Gasteiger partial charge >= 0.3 is 0 Å². The van der Waals surface area contributed by atoms with Crippen LogP contribution in [0.1, 0.15) is 46.5 Å². The monoisotopic (exact) mass is 272 g/mol. The van der Waals surface area contributed by atoms with Crippen molar-refractivity contribution in [2.45, 2.75) is 63.8 Å². The van der Waals surface area contributed by atoms with E-state index in [-0.39, 0.29) is 6.61 Å². The molecule has 4 N–H and O–H groups in total. The molecule has 0 aliphatic carbocycles. The van der Waals surface area contributed by atoms with Gasteiger partial charge in [-0.05, 0) is 46.5 Å². The quantitative estimate of drug-likeness (QED) is 0.480. The second-order valence-electron chi connectivity index (χ2n) is 5.72. The lowest BCUT2D eigenvalue weighted by atomic mass is 9.87. The van der Waals surface area contributed by atoms with Crippen LogP contribution in [0.15, 0.2) is 24.3 Å². The molecule has 0 saturated heterocycles. The van der Waals surface area contributed by atoms with Gasteiger partial charge in [-0.3, -0.25) is 0 Å². The smallest absolute Gasteiger partial charge is 0.0880 e. The first-order valence-electron chi connectivity index (χ1n) is 6.67. The molecule has 0 aliphatic heterocycles. The van der Waals surface area contributed by atoms with Crippen molar-refractivity contribution < 1.29 is 20.4 Å². The van der Waals surface area contributed by atoms with E-state index in [0.717, 1.165) is 5.57 Å². The molecule has 19 heavy (non-hydrogen) atoms. The molecule has 0 aromatic heterocycles. The lowest BCUT2D eigenvalue weighted by Gasteiger charge is -2.30. The lowest BCUT2D eigenvalue weighted by molar-refractivity contribution is -0.0759. The highest BCUT2D eigenvalue weighted by Gasteiger charge is 2.31. The SMILES string of the molecule is C=CC(C)(O)CCC(O)C(C)(O)CCC=C(C)CO. The first-order chi connectivity index (χ1) is 8.64. The van der Waals surface area contributed by atoms with Crippen LogP contribution in [0.4, 0.5) is 0 Å². The van der Waals surface area contributed by atoms with Gasteiger partial charge in [0, 0.05) is 0 Å². The van der Waals surface area contributed by atoms with Gasteiger partial charge in [0.15, 0.2) is 0 Å². The van der Waals surface area contributed by atoms with Crippen LogP contribution in [0, 0.1) is 0 Å². The Bertz CT molecular complexity index is 305. The van der Waals surface area contributed by atoms with Crippen LogP contribution in [0.2, 0.25) is 0 Å². The number of hydrogen-bond acceptors (Lipinski definition) is 4. The summed E-state index contributed by atoms with van der Waals surface area (Å²) < 4.78 is 0. The summed E-state index contributed by atoms with van der Waals surface area (Å²) in [5.41, 5.74) is -1.38. The summed E-state index contributed by atoms with van der Waals surface area (Å²) in [5, 5.41) is 38.8. The van der Waals surface area contributed by atoms with Gasteiger partial charge in [-0.25, -0.2) is 0 Å². The predicted molar refractivity (Wildman–Crippen MR) is 76.8 cm³/mol. The molecule has 0 fully saturated rings. The number of aliphatic hydroxyl groups excluding tert-OH is 2. The van der Waals surface area contributed by atoms with E-state index in [2.05, 4.69) is 6.58 Å². The van der Waals surface area contributed by atoms with Crippen molar-refractivity contribution in [2.75, 3.05) is 6.61 Å². The third-order valence-corrected chi connectivity index (χ3v) is 3.47. The molecular weight excluding hydrogens is 244 g/mol. The average molecular weight is 272 g/mol. The topological polar surface area (TPSA) is 80.9 Å². The molecule has 0 spiro atoms. The Hall–Kier alpha value is -0.680. The molecule has 3 atom stereocenters. The van der Waals surface area contributed by atoms with Gasteiger partial charge < -0.3 is 20.4 Å². The molecule has 4 heteroatoms. The van der Waals surface area contributed by atoms with Crippen molar-refractivity contribution >= 4 is 0 Å². The standard InChI is InChI=1S/C15H28O4/c1-5-14(3,18)10-8-13(17)15(4,19)9-6-7-12(2)11-16/h5,7,13,16-19H,1,6,8-11H2,2-4H3. The highest BCUT2D eigenvalue weighted by Crippen LogP contribution is 2.24. The van der Waals surface area contributed by atoms with Gasteiger partial charge in [-0.15, -0.1) is 6.58 Å². The van der Waals surface area contributed by atoms with E-state index >= 15 is 0 Å². The lowest BCUT2D eigenvalue weighted by Crippen LogP contribution is -2.40. The van der Waals surface area contributed by atoms with E-state index in [1.807, 2.05) is 13.0 Å². The highest BCUT2D eigenvalue weighted by atomic mass is 16.3. The predicted octanol–water partition coefficient (Wildman–Crippen LogP) is 1.53. The average Bonchev–Trinajstić information content (AvgIpc) is 2.35. The van der Waals surface area contributed by atoms with E-state index in [0.29, 0.717) is 25.7 Å². The normalized spacial score (nSPS) is 20.5. The molecule has 112 valence electrons. The zero-order valence-electron chi connectivity index (χ0n) is 12.3. The summed E-state index contributed by atoms with van der Waals surface area (Å²) in [5.74, 6) is 0. The summed E-state index contributed by atoms with van der Waals surface area (Å²) >= 11 is 0. The molecule has 0 aliphatic rings. The number of hydrogen-bond donors (Lipinski definition) is 4. The fraction of sp³-hybridized carbons (Fsp3) is 0.733. The fourth-order valence-electron chi connectivity index (χ4n) is 1.68. The summed E-state index contributed by atoms with van der Waals surface area (Å²) in [6.07, 6.45) is 4.02. The van der Waals surface area contributed by atoms with E-state index in [1.54, 1.807) is 13.8 Å². The van der Waals surface area contributed by atoms with Gasteiger partial charge in [-0.1, -0.05) is 17.7 Å². The molecule has 0 rings (SSSR count). The molecule has 3 unspecified atom stereocenters. The van der Waals surface area contributed by atoms with Crippen LogP contribution in [0.5, 0.6) is 0 Å². The molecule has 0 aromatic carbocycles. The summed E-state index contributed by atoms with van der Waals surface area (Å²) in [6.45, 7) is 8.55. The van der Waals surface area contributed by atoms with E-state index in [1.165, 1.54) is 6.08 Å². The zero-order valence-corrected chi connectivity index (χ0v) is 12.3. The zero-order chi connectivity index (χ0) is 15.1. The minimum absolute atomic E-state index is 0.00684. The maximum atomic E-state index is 10.2. The Balaban J connectivity index is 4.28. The van der Waals surface area contributed by atoms with Gasteiger partial charge in [0.25, 0.3) is 0 Å². The molecule has 0 bridgehead atoms. The van der Waals surface area contributed by atoms with E-state index in [9.17, 15) is 15.3 Å². The van der Waals surface area contributed by atoms with Crippen LogP contribution in [0.3, 0.4) is 0 Å². The van der Waals surface area contributed by atoms with Crippen LogP contribution in [-0.4, -0.2) is 44.3 Å². The molecular formula is C15H28O4. The van der Waals surface area contributed by atoms with Crippen LogP contribution < -0.4 is 0 Å². The molecule has 0 heterocycles. The van der Waals surface area contributed by atoms with Gasteiger partial charge in [0.2, 0.25) is 0 Å². The fourth-order valence-corrected chi connectivity index (χ4v) is 1.68. The first-order valence-corrected chi connectivity index (χ1v) is 6.67. The summed E-state index contributed by atoms with van der Waals surface area (Å²) in [4.78, 5) is 0. The Kier molecular flexibility index (Phi) is 7.52. The van der Waals surface area contributed by atoms with Crippen LogP contribution in [0.25, 0.3) is 0 Å². The Morgan fingerprint density at radius 2 is 1.84 bits per heavy atom. The van der Waals surface area contributed by atoms with Crippen LogP contribution in [-0.2, 0) is 0 Å². The van der Waals surface area contributed by atoms with Crippen molar-refractivity contribution in [1.29, 1.82) is 0 Å². The molecule has 0 saturated carbocycles. The first kappa shape index (κ1) is 18.3. The van der Waals surface area contributed by atoms with Crippen molar-refractivity contribution in [3.8, 4) is 0 Å². The minimum atomic E-state index is -1.20. The minimum Gasteiger partial charge on any atom is -0.392 e. The molecule has 4 nitrogen and oxygen atoms in total. The Labute approximate surface area is 116 Å². The van der Waals surface area contributed by atoms with E-state index in [4.69, 9.17) is 5.11 Å². The number of allylic oxidation sites excluding steroid dienone is 1. The summed E-state index contributed by atoms with van der Waals surface area (Å²) in [7, 11) is 0. The maximum Gasteiger partial charge on any atom is 0.0880 e. The summed E-state index contributed by atoms with van der Waals surface area (Å²) in [6, 6.07) is 0. The third-order valence-electron chi connectivity index (χ3n) is 3.47.